The Labute approximate surface area is 146 Å². The van der Waals surface area contributed by atoms with Gasteiger partial charge in [-0.2, -0.15) is 5.10 Å². The highest BCUT2D eigenvalue weighted by atomic mass is 16.5. The lowest BCUT2D eigenvalue weighted by atomic mass is 10.1. The topological polar surface area (TPSA) is 73.1 Å². The Hall–Kier alpha value is -2.96. The molecule has 0 aliphatic rings. The van der Waals surface area contributed by atoms with Crippen LogP contribution in [-0.2, 0) is 18.3 Å². The van der Waals surface area contributed by atoms with Crippen LogP contribution in [0, 0.1) is 6.92 Å². The van der Waals surface area contributed by atoms with Crippen LogP contribution in [0.15, 0.2) is 30.7 Å². The minimum atomic E-state index is -0.384. The summed E-state index contributed by atoms with van der Waals surface area (Å²) in [5.41, 5.74) is 3.74. The van der Waals surface area contributed by atoms with Crippen molar-refractivity contribution < 1.29 is 9.53 Å². The molecule has 0 aliphatic heterocycles. The van der Waals surface area contributed by atoms with E-state index in [1.165, 1.54) is 0 Å². The maximum atomic E-state index is 12.4. The average Bonchev–Trinajstić information content (AvgIpc) is 2.98. The summed E-state index contributed by atoms with van der Waals surface area (Å²) in [6.07, 6.45) is 5.31. The number of hydrogen-bond donors (Lipinski definition) is 0. The molecule has 0 saturated heterocycles. The number of rotatable bonds is 5. The smallest absolute Gasteiger partial charge is 0.341 e. The molecule has 3 aromatic heterocycles. The minimum absolute atomic E-state index is 0.314. The van der Waals surface area contributed by atoms with Crippen molar-refractivity contribution in [2.75, 3.05) is 18.6 Å². The second-order valence-corrected chi connectivity index (χ2v) is 5.94. The van der Waals surface area contributed by atoms with Gasteiger partial charge in [0.25, 0.3) is 0 Å². The molecule has 3 rings (SSSR count). The van der Waals surface area contributed by atoms with Crippen LogP contribution in [0.1, 0.15) is 28.5 Å². The van der Waals surface area contributed by atoms with E-state index in [1.54, 1.807) is 17.8 Å². The van der Waals surface area contributed by atoms with Crippen LogP contribution in [0.25, 0.3) is 11.0 Å². The van der Waals surface area contributed by atoms with Crippen LogP contribution in [0.5, 0.6) is 0 Å². The van der Waals surface area contributed by atoms with Gasteiger partial charge in [-0.1, -0.05) is 0 Å². The fraction of sp³-hybridized carbons (Fsp3) is 0.333. The maximum absolute atomic E-state index is 12.4. The molecule has 3 heterocycles. The summed E-state index contributed by atoms with van der Waals surface area (Å²) in [6, 6.07) is 3.86. The van der Waals surface area contributed by atoms with E-state index in [2.05, 4.69) is 15.1 Å². The van der Waals surface area contributed by atoms with E-state index >= 15 is 0 Å². The zero-order valence-corrected chi connectivity index (χ0v) is 14.9. The van der Waals surface area contributed by atoms with Crippen LogP contribution < -0.4 is 4.90 Å². The summed E-state index contributed by atoms with van der Waals surface area (Å²) in [7, 11) is 3.81. The third-order valence-corrected chi connectivity index (χ3v) is 3.90. The van der Waals surface area contributed by atoms with E-state index in [-0.39, 0.29) is 5.97 Å². The number of nitrogens with zero attached hydrogens (tertiary/aromatic N) is 5. The summed E-state index contributed by atoms with van der Waals surface area (Å²) in [5, 5.41) is 5.02. The Morgan fingerprint density at radius 3 is 2.80 bits per heavy atom. The Morgan fingerprint density at radius 2 is 2.12 bits per heavy atom. The molecule has 0 aliphatic carbocycles. The summed E-state index contributed by atoms with van der Waals surface area (Å²) >= 11 is 0. The number of ether oxygens (including phenoxy) is 1. The summed E-state index contributed by atoms with van der Waals surface area (Å²) in [6.45, 7) is 4.62. The summed E-state index contributed by atoms with van der Waals surface area (Å²) in [5.74, 6) is -0.384. The van der Waals surface area contributed by atoms with Crippen molar-refractivity contribution in [3.8, 4) is 0 Å². The molecule has 0 amide bonds. The molecule has 0 unspecified atom stereocenters. The first kappa shape index (κ1) is 16.9. The molecule has 3 aromatic rings. The number of pyridine rings is 2. The van der Waals surface area contributed by atoms with Gasteiger partial charge in [0.2, 0.25) is 0 Å². The lowest BCUT2D eigenvalue weighted by Gasteiger charge is -2.22. The number of fused-ring (bicyclic) bond motifs is 1. The number of aromatic nitrogens is 4. The van der Waals surface area contributed by atoms with E-state index in [1.807, 2.05) is 50.4 Å². The molecule has 0 spiro atoms. The zero-order valence-electron chi connectivity index (χ0n) is 14.9. The van der Waals surface area contributed by atoms with Crippen LogP contribution >= 0.6 is 0 Å². The zero-order chi connectivity index (χ0) is 18.0. The van der Waals surface area contributed by atoms with E-state index in [4.69, 9.17) is 4.74 Å². The molecule has 0 radical (unpaired) electrons. The van der Waals surface area contributed by atoms with Crippen LogP contribution in [0.2, 0.25) is 0 Å². The summed E-state index contributed by atoms with van der Waals surface area (Å²) in [4.78, 5) is 23.2. The number of carbonyl (C=O) groups is 1. The molecule has 7 nitrogen and oxygen atoms in total. The van der Waals surface area contributed by atoms with Crippen LogP contribution in [0.4, 0.5) is 5.69 Å². The lowest BCUT2D eigenvalue weighted by molar-refractivity contribution is 0.0527. The predicted octanol–water partition coefficient (Wildman–Crippen LogP) is 2.48. The molecule has 25 heavy (non-hydrogen) atoms. The van der Waals surface area contributed by atoms with Crippen molar-refractivity contribution in [1.82, 2.24) is 19.7 Å². The fourth-order valence-corrected chi connectivity index (χ4v) is 2.83. The van der Waals surface area contributed by atoms with Gasteiger partial charge in [-0.25, -0.2) is 14.8 Å². The third kappa shape index (κ3) is 3.45. The first-order valence-corrected chi connectivity index (χ1v) is 8.11. The molecule has 0 N–H and O–H groups in total. The van der Waals surface area contributed by atoms with Gasteiger partial charge in [0.1, 0.15) is 5.56 Å². The molecule has 0 fully saturated rings. The average molecular weight is 339 g/mol. The van der Waals surface area contributed by atoms with E-state index in [0.29, 0.717) is 24.4 Å². The van der Waals surface area contributed by atoms with Gasteiger partial charge in [-0.3, -0.25) is 4.68 Å². The lowest BCUT2D eigenvalue weighted by Crippen LogP contribution is -2.21. The number of esters is 1. The van der Waals surface area contributed by atoms with Crippen molar-refractivity contribution in [2.45, 2.75) is 20.4 Å². The Bertz CT molecular complexity index is 919. The Balaban J connectivity index is 2.10. The normalized spacial score (nSPS) is 10.9. The van der Waals surface area contributed by atoms with Crippen LogP contribution in [-0.4, -0.2) is 39.4 Å². The van der Waals surface area contributed by atoms with Crippen molar-refractivity contribution in [3.05, 3.63) is 47.5 Å². The van der Waals surface area contributed by atoms with Gasteiger partial charge in [-0.05, 0) is 26.0 Å². The SMILES string of the molecule is CCOC(=O)c1cnc2nc(C)ccc2c1N(C)Cc1cnn(C)c1. The molecule has 0 saturated carbocycles. The highest BCUT2D eigenvalue weighted by Crippen LogP contribution is 2.30. The van der Waals surface area contributed by atoms with E-state index < -0.39 is 0 Å². The highest BCUT2D eigenvalue weighted by molar-refractivity contribution is 6.04. The summed E-state index contributed by atoms with van der Waals surface area (Å²) < 4.78 is 6.96. The molecule has 0 bridgehead atoms. The van der Waals surface area contributed by atoms with Gasteiger partial charge >= 0.3 is 5.97 Å². The molecular formula is C18H21N5O2. The molecule has 0 aromatic carbocycles. The largest absolute Gasteiger partial charge is 0.462 e. The number of anilines is 1. The van der Waals surface area contributed by atoms with Crippen molar-refractivity contribution in [2.24, 2.45) is 7.05 Å². The second kappa shape index (κ2) is 6.88. The second-order valence-electron chi connectivity index (χ2n) is 5.94. The van der Waals surface area contributed by atoms with Gasteiger partial charge < -0.3 is 9.64 Å². The van der Waals surface area contributed by atoms with Gasteiger partial charge in [-0.15, -0.1) is 0 Å². The number of carbonyl (C=O) groups excluding carboxylic acids is 1. The van der Waals surface area contributed by atoms with Gasteiger partial charge in [0.05, 0.1) is 18.5 Å². The maximum Gasteiger partial charge on any atom is 0.341 e. The molecule has 130 valence electrons. The number of aryl methyl sites for hydroxylation is 2. The monoisotopic (exact) mass is 339 g/mol. The van der Waals surface area contributed by atoms with Crippen molar-refractivity contribution >= 4 is 22.7 Å². The standard InChI is InChI=1S/C18H21N5O2/c1-5-25-18(24)15-9-19-17-14(7-6-12(2)21-17)16(15)22(3)10-13-8-20-23(4)11-13/h6-9,11H,5,10H2,1-4H3. The third-order valence-electron chi connectivity index (χ3n) is 3.90. The van der Waals surface area contributed by atoms with E-state index in [0.717, 1.165) is 22.3 Å². The number of hydrogen-bond acceptors (Lipinski definition) is 6. The van der Waals surface area contributed by atoms with Crippen molar-refractivity contribution in [1.29, 1.82) is 0 Å². The van der Waals surface area contributed by atoms with Crippen molar-refractivity contribution in [3.63, 3.8) is 0 Å². The predicted molar refractivity (Wildman–Crippen MR) is 95.5 cm³/mol. The Morgan fingerprint density at radius 1 is 1.32 bits per heavy atom. The van der Waals surface area contributed by atoms with Gasteiger partial charge in [0, 0.05) is 49.7 Å². The fourth-order valence-electron chi connectivity index (χ4n) is 2.83. The quantitative estimate of drug-likeness (QED) is 0.665. The first-order valence-electron chi connectivity index (χ1n) is 8.11. The van der Waals surface area contributed by atoms with Gasteiger partial charge in [0.15, 0.2) is 5.65 Å². The Kier molecular flexibility index (Phi) is 4.65. The minimum Gasteiger partial charge on any atom is -0.462 e. The van der Waals surface area contributed by atoms with E-state index in [9.17, 15) is 4.79 Å². The highest BCUT2D eigenvalue weighted by Gasteiger charge is 2.20. The van der Waals surface area contributed by atoms with Crippen LogP contribution in [0.3, 0.4) is 0 Å². The first-order chi connectivity index (χ1) is 12.0. The molecule has 0 atom stereocenters. The molecular weight excluding hydrogens is 318 g/mol. The molecule has 7 heteroatoms.